The Morgan fingerprint density at radius 1 is 0.621 bits per heavy atom. The molecule has 2 aromatic carbocycles. The summed E-state index contributed by atoms with van der Waals surface area (Å²) in [5.74, 6) is -1.99. The number of aromatic nitrogens is 4. The van der Waals surface area contributed by atoms with E-state index in [-0.39, 0.29) is 50.1 Å². The molecule has 0 radical (unpaired) electrons. The predicted molar refractivity (Wildman–Crippen MR) is 220 cm³/mol. The van der Waals surface area contributed by atoms with Gasteiger partial charge < -0.3 is 38.4 Å². The molecular formula is C42H42Cl2N6O8. The van der Waals surface area contributed by atoms with Crippen molar-refractivity contribution in [2.75, 3.05) is 26.2 Å². The quantitative estimate of drug-likeness (QED) is 0.146. The van der Waals surface area contributed by atoms with Crippen LogP contribution in [-0.4, -0.2) is 111 Å². The van der Waals surface area contributed by atoms with Gasteiger partial charge in [-0.15, -0.1) is 0 Å². The monoisotopic (exact) mass is 828 g/mol. The molecule has 2 fully saturated rings. The fourth-order valence-corrected chi connectivity index (χ4v) is 9.33. The van der Waals surface area contributed by atoms with Crippen LogP contribution in [0.3, 0.4) is 0 Å². The fraction of sp³-hybridized carbons (Fsp3) is 0.333. The number of hydrogen-bond acceptors (Lipinski definition) is 8. The number of carboxylic acid groups (broad SMARTS) is 2. The molecule has 0 saturated carbocycles. The van der Waals surface area contributed by atoms with E-state index in [1.165, 1.54) is 0 Å². The summed E-state index contributed by atoms with van der Waals surface area (Å²) in [6, 6.07) is 13.2. The number of carbonyl (C=O) groups is 2. The number of aliphatic hydroxyl groups is 2. The molecule has 6 aromatic rings. The minimum Gasteiger partial charge on any atom is -0.480 e. The van der Waals surface area contributed by atoms with E-state index < -0.39 is 36.2 Å². The molecule has 6 heterocycles. The summed E-state index contributed by atoms with van der Waals surface area (Å²) in [6.07, 6.45) is 6.23. The summed E-state index contributed by atoms with van der Waals surface area (Å²) in [6.45, 7) is 5.23. The average molecular weight is 830 g/mol. The lowest BCUT2D eigenvalue weighted by molar-refractivity contribution is -0.143. The van der Waals surface area contributed by atoms with Gasteiger partial charge in [0.05, 0.1) is 22.3 Å². The molecule has 2 aliphatic heterocycles. The summed E-state index contributed by atoms with van der Waals surface area (Å²) in [5.41, 5.74) is 5.91. The molecule has 58 heavy (non-hydrogen) atoms. The van der Waals surface area contributed by atoms with Crippen molar-refractivity contribution in [3.63, 3.8) is 0 Å². The minimum atomic E-state index is -0.994. The molecule has 8 rings (SSSR count). The lowest BCUT2D eigenvalue weighted by atomic mass is 9.97. The third-order valence-electron chi connectivity index (χ3n) is 11.6. The van der Waals surface area contributed by atoms with Crippen molar-refractivity contribution in [2.45, 2.75) is 64.1 Å². The molecule has 0 bridgehead atoms. The predicted octanol–water partition coefficient (Wildman–Crippen LogP) is 4.48. The number of fused-ring (bicyclic) bond motifs is 2. The van der Waals surface area contributed by atoms with Gasteiger partial charge in [0.25, 0.3) is 11.1 Å². The van der Waals surface area contributed by atoms with Gasteiger partial charge in [0.15, 0.2) is 0 Å². The smallest absolute Gasteiger partial charge is 0.321 e. The number of β-amino-alcohol motifs (C(OH)–C–C–N with tert-alkyl or cyclic N) is 2. The highest BCUT2D eigenvalue weighted by atomic mass is 35.5. The summed E-state index contributed by atoms with van der Waals surface area (Å²) in [7, 11) is 0. The van der Waals surface area contributed by atoms with Crippen LogP contribution < -0.4 is 11.1 Å². The van der Waals surface area contributed by atoms with E-state index in [1.807, 2.05) is 75.0 Å². The van der Waals surface area contributed by atoms with Crippen molar-refractivity contribution in [2.24, 2.45) is 0 Å². The number of rotatable bonds is 11. The van der Waals surface area contributed by atoms with Crippen LogP contribution in [-0.2, 0) is 22.7 Å². The van der Waals surface area contributed by atoms with E-state index >= 15 is 0 Å². The van der Waals surface area contributed by atoms with Gasteiger partial charge in [-0.3, -0.25) is 29.0 Å². The number of aryl methyl sites for hydroxylation is 2. The molecule has 2 saturated heterocycles. The lowest BCUT2D eigenvalue weighted by Crippen LogP contribution is -2.39. The third kappa shape index (κ3) is 7.14. The molecule has 4 atom stereocenters. The first-order chi connectivity index (χ1) is 27.7. The topological polar surface area (TPSA) is 174 Å². The molecule has 4 N–H and O–H groups in total. The first kappa shape index (κ1) is 39.6. The number of carboxylic acids is 2. The first-order valence-electron chi connectivity index (χ1n) is 19.0. The van der Waals surface area contributed by atoms with Gasteiger partial charge in [0.2, 0.25) is 0 Å². The molecule has 0 amide bonds. The van der Waals surface area contributed by atoms with E-state index in [0.29, 0.717) is 78.9 Å². The van der Waals surface area contributed by atoms with Crippen LogP contribution in [0.1, 0.15) is 24.2 Å². The van der Waals surface area contributed by atoms with E-state index in [4.69, 9.17) is 23.2 Å². The molecule has 4 aromatic heterocycles. The molecular weight excluding hydrogens is 787 g/mol. The van der Waals surface area contributed by atoms with Crippen molar-refractivity contribution in [1.82, 2.24) is 27.7 Å². The van der Waals surface area contributed by atoms with Crippen molar-refractivity contribution in [1.29, 1.82) is 0 Å². The maximum Gasteiger partial charge on any atom is 0.321 e. The number of nitrogens with zero attached hydrogens (tertiary/aromatic N) is 6. The van der Waals surface area contributed by atoms with Crippen LogP contribution in [0.15, 0.2) is 82.9 Å². The summed E-state index contributed by atoms with van der Waals surface area (Å²) < 4.78 is 6.75. The average Bonchev–Trinajstić information content (AvgIpc) is 3.97. The van der Waals surface area contributed by atoms with Crippen LogP contribution in [0.25, 0.3) is 44.4 Å². The second kappa shape index (κ2) is 15.5. The second-order valence-electron chi connectivity index (χ2n) is 15.3. The maximum absolute atomic E-state index is 13.8. The highest BCUT2D eigenvalue weighted by molar-refractivity contribution is 6.39. The van der Waals surface area contributed by atoms with Gasteiger partial charge >= 0.3 is 11.9 Å². The highest BCUT2D eigenvalue weighted by Crippen LogP contribution is 2.43. The van der Waals surface area contributed by atoms with Crippen LogP contribution in [0.2, 0.25) is 10.0 Å². The van der Waals surface area contributed by atoms with Gasteiger partial charge in [-0.05, 0) is 26.0 Å². The maximum atomic E-state index is 13.8. The molecule has 302 valence electrons. The van der Waals surface area contributed by atoms with Crippen LogP contribution in [0, 0.1) is 13.8 Å². The SMILES string of the molecule is Cc1cn2cc(-c3cccc(-c4cccc(-c5cc6c(=O)n(CCN7C[C@@H](O)C[C@@H]7C(=O)O)c(C)cn6c5)c4Cl)c3Cl)cc2c(=O)n1CCN1C[C@@H](O)C[C@@H]1C(=O)O. The number of aliphatic carboxylic acids is 2. The second-order valence-corrected chi connectivity index (χ2v) is 16.1. The molecule has 16 heteroatoms. The van der Waals surface area contributed by atoms with E-state index in [2.05, 4.69) is 0 Å². The Bertz CT molecular complexity index is 2550. The standard InChI is InChI=1S/C42H42Cl2N6O8/c1-23-17-47-19-25(13-33(47)39(53)49(23)11-9-45-21-27(51)15-35(45)41(55)56)29-5-3-7-31(37(29)43)32-8-4-6-30(38(32)44)26-14-34-40(54)50(24(2)18-48(34)20-26)12-10-46-22-28(52)16-36(46)42(57)58/h3-8,13-14,17-20,27-28,35-36,51-52H,9-12,15-16,21-22H2,1-2H3,(H,55,56)(H,57,58)/t27-,28-,35+,36+/m0/s1. The Hall–Kier alpha value is -5.22. The molecule has 14 nitrogen and oxygen atoms in total. The number of likely N-dealkylation sites (tertiary alicyclic amines) is 2. The van der Waals surface area contributed by atoms with Crippen LogP contribution in [0.5, 0.6) is 0 Å². The Balaban J connectivity index is 1.07. The zero-order valence-electron chi connectivity index (χ0n) is 31.8. The fourth-order valence-electron chi connectivity index (χ4n) is 8.65. The van der Waals surface area contributed by atoms with E-state index in [1.54, 1.807) is 39.9 Å². The molecule has 0 spiro atoms. The van der Waals surface area contributed by atoms with Crippen LogP contribution in [0.4, 0.5) is 0 Å². The van der Waals surface area contributed by atoms with Gasteiger partial charge in [-0.1, -0.05) is 59.6 Å². The third-order valence-corrected chi connectivity index (χ3v) is 12.4. The largest absolute Gasteiger partial charge is 0.480 e. The van der Waals surface area contributed by atoms with Crippen molar-refractivity contribution in [3.8, 4) is 33.4 Å². The summed E-state index contributed by atoms with van der Waals surface area (Å²) >= 11 is 14.3. The number of aliphatic hydroxyl groups excluding tert-OH is 2. The highest BCUT2D eigenvalue weighted by Gasteiger charge is 2.37. The van der Waals surface area contributed by atoms with Gasteiger partial charge in [-0.25, -0.2) is 0 Å². The lowest BCUT2D eigenvalue weighted by Gasteiger charge is -2.21. The minimum absolute atomic E-state index is 0.151. The van der Waals surface area contributed by atoms with Crippen molar-refractivity contribution >= 4 is 46.2 Å². The molecule has 2 aliphatic rings. The Labute approximate surface area is 341 Å². The van der Waals surface area contributed by atoms with Gasteiger partial charge in [0.1, 0.15) is 23.1 Å². The van der Waals surface area contributed by atoms with Crippen molar-refractivity contribution in [3.05, 3.63) is 115 Å². The zero-order chi connectivity index (χ0) is 41.2. The Kier molecular flexibility index (Phi) is 10.6. The van der Waals surface area contributed by atoms with Crippen LogP contribution >= 0.6 is 23.2 Å². The Morgan fingerprint density at radius 2 is 1.00 bits per heavy atom. The van der Waals surface area contributed by atoms with Crippen molar-refractivity contribution < 1.29 is 30.0 Å². The van der Waals surface area contributed by atoms with E-state index in [0.717, 1.165) is 0 Å². The van der Waals surface area contributed by atoms with E-state index in [9.17, 15) is 39.6 Å². The number of benzene rings is 2. The molecule has 0 unspecified atom stereocenters. The normalized spacial score (nSPS) is 20.2. The van der Waals surface area contributed by atoms with Gasteiger partial charge in [0, 0.05) is 122 Å². The zero-order valence-corrected chi connectivity index (χ0v) is 33.3. The number of hydrogen-bond donors (Lipinski definition) is 4. The molecule has 0 aliphatic carbocycles. The Morgan fingerprint density at radius 3 is 1.38 bits per heavy atom. The summed E-state index contributed by atoms with van der Waals surface area (Å²) in [4.78, 5) is 54.4. The van der Waals surface area contributed by atoms with Gasteiger partial charge in [-0.2, -0.15) is 0 Å². The first-order valence-corrected chi connectivity index (χ1v) is 19.8. The summed E-state index contributed by atoms with van der Waals surface area (Å²) in [5, 5.41) is 40.2. The number of halogens is 2.